The van der Waals surface area contributed by atoms with Crippen LogP contribution in [0.25, 0.3) is 0 Å². The lowest BCUT2D eigenvalue weighted by Gasteiger charge is -2.39. The maximum atomic E-state index is 13.0. The van der Waals surface area contributed by atoms with Crippen molar-refractivity contribution in [1.29, 1.82) is 0 Å². The smallest absolute Gasteiger partial charge is 0.228 e. The average molecular weight is 412 g/mol. The lowest BCUT2D eigenvalue weighted by molar-refractivity contribution is -0.140. The van der Waals surface area contributed by atoms with Gasteiger partial charge in [-0.3, -0.25) is 9.59 Å². The molecule has 0 radical (unpaired) electrons. The van der Waals surface area contributed by atoms with Gasteiger partial charge in [0.2, 0.25) is 11.8 Å². The zero-order chi connectivity index (χ0) is 21.3. The molecular weight excluding hydrogens is 384 g/mol. The highest BCUT2D eigenvalue weighted by Gasteiger charge is 2.40. The van der Waals surface area contributed by atoms with E-state index in [0.717, 1.165) is 17.3 Å². The van der Waals surface area contributed by atoms with Gasteiger partial charge in [0.05, 0.1) is 25.2 Å². The van der Waals surface area contributed by atoms with E-state index in [1.165, 1.54) is 0 Å². The molecule has 8 heteroatoms. The fourth-order valence-corrected chi connectivity index (χ4v) is 4.33. The number of likely N-dealkylation sites (tertiary alicyclic amines) is 1. The van der Waals surface area contributed by atoms with Gasteiger partial charge in [-0.05, 0) is 44.0 Å². The fraction of sp³-hybridized carbons (Fsp3) is 0.500. The topological polar surface area (TPSA) is 87.9 Å². The van der Waals surface area contributed by atoms with Crippen LogP contribution in [0.5, 0.6) is 5.75 Å². The van der Waals surface area contributed by atoms with Gasteiger partial charge in [0.1, 0.15) is 11.6 Å². The summed E-state index contributed by atoms with van der Waals surface area (Å²) in [5.41, 5.74) is -0.0668. The Kier molecular flexibility index (Phi) is 5.51. The monoisotopic (exact) mass is 412 g/mol. The van der Waals surface area contributed by atoms with Crippen molar-refractivity contribution < 1.29 is 19.4 Å². The maximum absolute atomic E-state index is 13.0. The van der Waals surface area contributed by atoms with Crippen LogP contribution < -0.4 is 9.64 Å². The maximum Gasteiger partial charge on any atom is 0.228 e. The highest BCUT2D eigenvalue weighted by atomic mass is 16.5. The number of methoxy groups -OCH3 is 1. The molecule has 1 N–H and O–H groups in total. The number of imidazole rings is 1. The van der Waals surface area contributed by atoms with E-state index in [9.17, 15) is 14.7 Å². The summed E-state index contributed by atoms with van der Waals surface area (Å²) in [5, 5.41) is 10.9. The predicted octanol–water partition coefficient (Wildman–Crippen LogP) is 1.61. The lowest BCUT2D eigenvalue weighted by atomic mass is 9.90. The number of aryl methyl sites for hydroxylation is 1. The Labute approximate surface area is 176 Å². The third-order valence-corrected chi connectivity index (χ3v) is 6.25. The van der Waals surface area contributed by atoms with Crippen LogP contribution in [0.4, 0.5) is 5.69 Å². The zero-order valence-electron chi connectivity index (χ0n) is 17.5. The van der Waals surface area contributed by atoms with Crippen molar-refractivity contribution in [2.24, 2.45) is 5.92 Å². The number of aliphatic hydroxyl groups is 1. The average Bonchev–Trinajstić information content (AvgIpc) is 3.33. The number of anilines is 1. The zero-order valence-corrected chi connectivity index (χ0v) is 17.5. The number of hydrogen-bond acceptors (Lipinski definition) is 5. The molecule has 0 saturated carbocycles. The summed E-state index contributed by atoms with van der Waals surface area (Å²) in [4.78, 5) is 33.2. The van der Waals surface area contributed by atoms with Gasteiger partial charge < -0.3 is 24.2 Å². The summed E-state index contributed by atoms with van der Waals surface area (Å²) in [6, 6.07) is 7.29. The lowest BCUT2D eigenvalue weighted by Crippen LogP contribution is -2.50. The first-order valence-corrected chi connectivity index (χ1v) is 10.3. The number of nitrogens with zero attached hydrogens (tertiary/aromatic N) is 4. The highest BCUT2D eigenvalue weighted by Crippen LogP contribution is 2.30. The third-order valence-electron chi connectivity index (χ3n) is 6.25. The molecule has 2 fully saturated rings. The molecule has 0 spiro atoms. The van der Waals surface area contributed by atoms with E-state index in [-0.39, 0.29) is 24.2 Å². The van der Waals surface area contributed by atoms with Crippen LogP contribution in [0.3, 0.4) is 0 Å². The number of hydrogen-bond donors (Lipinski definition) is 1. The molecule has 0 aliphatic carbocycles. The van der Waals surface area contributed by atoms with Crippen molar-refractivity contribution in [3.63, 3.8) is 0 Å². The van der Waals surface area contributed by atoms with Crippen molar-refractivity contribution in [3.05, 3.63) is 42.5 Å². The molecule has 0 bridgehead atoms. The van der Waals surface area contributed by atoms with Gasteiger partial charge in [-0.25, -0.2) is 4.98 Å². The molecule has 30 heavy (non-hydrogen) atoms. The Morgan fingerprint density at radius 3 is 2.57 bits per heavy atom. The van der Waals surface area contributed by atoms with E-state index < -0.39 is 5.60 Å². The first kappa shape index (κ1) is 20.4. The molecule has 2 amide bonds. The summed E-state index contributed by atoms with van der Waals surface area (Å²) in [5.74, 6) is 1.21. The van der Waals surface area contributed by atoms with Crippen molar-refractivity contribution in [1.82, 2.24) is 14.5 Å². The molecule has 1 atom stereocenters. The largest absolute Gasteiger partial charge is 0.497 e. The van der Waals surface area contributed by atoms with Gasteiger partial charge in [0.15, 0.2) is 0 Å². The molecule has 2 aliphatic rings. The minimum atomic E-state index is -0.844. The molecule has 160 valence electrons. The molecule has 0 unspecified atom stereocenters. The van der Waals surface area contributed by atoms with Gasteiger partial charge in [-0.1, -0.05) is 0 Å². The fourth-order valence-electron chi connectivity index (χ4n) is 4.33. The molecular formula is C22H28N4O4. The van der Waals surface area contributed by atoms with E-state index in [4.69, 9.17) is 4.74 Å². The molecule has 2 saturated heterocycles. The summed E-state index contributed by atoms with van der Waals surface area (Å²) >= 11 is 0. The van der Waals surface area contributed by atoms with Crippen molar-refractivity contribution in [3.8, 4) is 5.75 Å². The van der Waals surface area contributed by atoms with Crippen LogP contribution in [0.1, 0.15) is 25.1 Å². The number of carbonyl (C=O) groups excluding carboxylic acids is 2. The van der Waals surface area contributed by atoms with Gasteiger partial charge in [-0.15, -0.1) is 0 Å². The quantitative estimate of drug-likeness (QED) is 0.806. The molecule has 4 rings (SSSR count). The van der Waals surface area contributed by atoms with Crippen LogP contribution in [0, 0.1) is 12.8 Å². The van der Waals surface area contributed by atoms with Crippen LogP contribution >= 0.6 is 0 Å². The van der Waals surface area contributed by atoms with Crippen molar-refractivity contribution in [2.45, 2.75) is 38.3 Å². The van der Waals surface area contributed by atoms with Crippen LogP contribution in [-0.4, -0.2) is 63.7 Å². The second-order valence-corrected chi connectivity index (χ2v) is 8.26. The van der Waals surface area contributed by atoms with Gasteiger partial charge in [-0.2, -0.15) is 0 Å². The van der Waals surface area contributed by atoms with Crippen LogP contribution in [0.2, 0.25) is 0 Å². The first-order chi connectivity index (χ1) is 14.4. The third kappa shape index (κ3) is 4.05. The second-order valence-electron chi connectivity index (χ2n) is 8.26. The van der Waals surface area contributed by atoms with Crippen molar-refractivity contribution >= 4 is 17.5 Å². The summed E-state index contributed by atoms with van der Waals surface area (Å²) < 4.78 is 7.11. The van der Waals surface area contributed by atoms with Crippen molar-refractivity contribution in [2.75, 3.05) is 31.6 Å². The predicted molar refractivity (Wildman–Crippen MR) is 111 cm³/mol. The summed E-state index contributed by atoms with van der Waals surface area (Å²) in [6.45, 7) is 3.77. The summed E-state index contributed by atoms with van der Waals surface area (Å²) in [7, 11) is 1.60. The molecule has 2 aromatic rings. The molecule has 3 heterocycles. The van der Waals surface area contributed by atoms with E-state index in [1.54, 1.807) is 23.1 Å². The Morgan fingerprint density at radius 1 is 1.27 bits per heavy atom. The first-order valence-electron chi connectivity index (χ1n) is 10.3. The molecule has 1 aromatic carbocycles. The second kappa shape index (κ2) is 8.10. The van der Waals surface area contributed by atoms with Crippen LogP contribution in [-0.2, 0) is 16.1 Å². The minimum Gasteiger partial charge on any atom is -0.497 e. The molecule has 2 aliphatic heterocycles. The minimum absolute atomic E-state index is 0.000207. The number of piperidine rings is 1. The van der Waals surface area contributed by atoms with Gasteiger partial charge in [0.25, 0.3) is 0 Å². The Bertz CT molecular complexity index is 915. The Balaban J connectivity index is 1.35. The number of benzene rings is 1. The molecule has 8 nitrogen and oxygen atoms in total. The normalized spacial score (nSPS) is 21.2. The van der Waals surface area contributed by atoms with E-state index >= 15 is 0 Å². The van der Waals surface area contributed by atoms with Gasteiger partial charge >= 0.3 is 0 Å². The Hall–Kier alpha value is -2.87. The van der Waals surface area contributed by atoms with Crippen LogP contribution in [0.15, 0.2) is 36.7 Å². The SMILES string of the molecule is COc1ccc(N2C[C@@H](C(=O)N3CCC(O)(Cn4ccnc4C)CC3)CC2=O)cc1. The Morgan fingerprint density at radius 2 is 1.97 bits per heavy atom. The number of ether oxygens (including phenoxy) is 1. The van der Waals surface area contributed by atoms with Gasteiger partial charge in [0, 0.05) is 44.1 Å². The standard InChI is InChI=1S/C22H28N4O4/c1-16-23-9-12-25(16)15-22(29)7-10-24(11-8-22)21(28)17-13-20(27)26(14-17)18-3-5-19(30-2)6-4-18/h3-6,9,12,17,29H,7-8,10-11,13-15H2,1-2H3/t17-/m0/s1. The number of rotatable bonds is 5. The number of carbonyl (C=O) groups is 2. The number of aromatic nitrogens is 2. The summed E-state index contributed by atoms with van der Waals surface area (Å²) in [6.07, 6.45) is 4.84. The molecule has 1 aromatic heterocycles. The van der Waals surface area contributed by atoms with E-state index in [2.05, 4.69) is 4.98 Å². The highest BCUT2D eigenvalue weighted by molar-refractivity contribution is 6.00. The number of amides is 2. The van der Waals surface area contributed by atoms with E-state index in [0.29, 0.717) is 39.0 Å². The van der Waals surface area contributed by atoms with E-state index in [1.807, 2.05) is 42.0 Å².